The van der Waals surface area contributed by atoms with Crippen LogP contribution in [-0.2, 0) is 15.7 Å². The van der Waals surface area contributed by atoms with E-state index in [-0.39, 0.29) is 0 Å². The van der Waals surface area contributed by atoms with Crippen LogP contribution in [-0.4, -0.2) is 27.9 Å². The Hall–Kier alpha value is -4.19. The number of benzene rings is 5. The van der Waals surface area contributed by atoms with Crippen LogP contribution in [0.3, 0.4) is 0 Å². The van der Waals surface area contributed by atoms with E-state index < -0.39 is 18.3 Å². The van der Waals surface area contributed by atoms with Crippen molar-refractivity contribution in [3.05, 3.63) is 115 Å². The van der Waals surface area contributed by atoms with Crippen LogP contribution in [0.5, 0.6) is 0 Å². The Bertz CT molecular complexity index is 1940. The van der Waals surface area contributed by atoms with Crippen LogP contribution in [0.1, 0.15) is 40.4 Å². The first kappa shape index (κ1) is 26.7. The van der Waals surface area contributed by atoms with Gasteiger partial charge < -0.3 is 9.31 Å². The van der Waals surface area contributed by atoms with Gasteiger partial charge in [0.25, 0.3) is 0 Å². The summed E-state index contributed by atoms with van der Waals surface area (Å²) in [6.07, 6.45) is 0.863. The van der Waals surface area contributed by atoms with Gasteiger partial charge in [-0.15, -0.1) is 0 Å². The van der Waals surface area contributed by atoms with E-state index in [0.717, 1.165) is 50.9 Å². The molecule has 1 fully saturated rings. The summed E-state index contributed by atoms with van der Waals surface area (Å²) in [6.45, 7) is 10.6. The zero-order valence-corrected chi connectivity index (χ0v) is 24.9. The molecule has 5 aromatic carbocycles. The zero-order valence-electron chi connectivity index (χ0n) is 24.9. The molecular weight excluding hydrogens is 515 g/mol. The van der Waals surface area contributed by atoms with Gasteiger partial charge in [-0.05, 0) is 103 Å². The van der Waals surface area contributed by atoms with E-state index in [0.29, 0.717) is 0 Å². The predicted octanol–water partition coefficient (Wildman–Crippen LogP) is 8.37. The smallest absolute Gasteiger partial charge is 0.399 e. The van der Waals surface area contributed by atoms with Crippen LogP contribution in [0.4, 0.5) is 0 Å². The number of nitrogens with zero attached hydrogens (tertiary/aromatic N) is 2. The molecule has 1 saturated heterocycles. The van der Waals surface area contributed by atoms with Gasteiger partial charge in [0.15, 0.2) is 0 Å². The topological polar surface area (TPSA) is 36.3 Å². The fraction of sp³-hybridized carbons (Fsp3) is 0.216. The highest BCUT2D eigenvalue weighted by Gasteiger charge is 2.52. The van der Waals surface area contributed by atoms with E-state index in [1.165, 1.54) is 16.5 Å². The van der Waals surface area contributed by atoms with Gasteiger partial charge in [0.05, 0.1) is 22.2 Å². The molecule has 0 spiro atoms. The minimum atomic E-state index is -0.433. The molecule has 1 aliphatic rings. The van der Waals surface area contributed by atoms with Gasteiger partial charge in [-0.1, -0.05) is 79.7 Å². The maximum atomic E-state index is 6.51. The highest BCUT2D eigenvalue weighted by atomic mass is 16.7. The van der Waals surface area contributed by atoms with Gasteiger partial charge in [0.1, 0.15) is 5.82 Å². The average molecular weight is 551 g/mol. The van der Waals surface area contributed by atoms with Crippen molar-refractivity contribution in [3.63, 3.8) is 0 Å². The third kappa shape index (κ3) is 4.45. The molecular formula is C37H35BN2O2. The van der Waals surface area contributed by atoms with Crippen LogP contribution >= 0.6 is 0 Å². The number of hydrogen-bond donors (Lipinski definition) is 0. The van der Waals surface area contributed by atoms with Gasteiger partial charge in [0, 0.05) is 12.1 Å². The zero-order chi connectivity index (χ0) is 29.1. The second-order valence-electron chi connectivity index (χ2n) is 12.2. The fourth-order valence-corrected chi connectivity index (χ4v) is 5.98. The number of hydrogen-bond acceptors (Lipinski definition) is 3. The predicted molar refractivity (Wildman–Crippen MR) is 175 cm³/mol. The van der Waals surface area contributed by atoms with E-state index in [2.05, 4.69) is 142 Å². The highest BCUT2D eigenvalue weighted by molar-refractivity contribution is 6.65. The number of aryl methyl sites for hydroxylation is 1. The summed E-state index contributed by atoms with van der Waals surface area (Å²) in [6, 6.07) is 38.9. The largest absolute Gasteiger partial charge is 0.495 e. The minimum absolute atomic E-state index is 0.405. The molecule has 1 aromatic heterocycles. The van der Waals surface area contributed by atoms with Crippen LogP contribution in [0.2, 0.25) is 0 Å². The lowest BCUT2D eigenvalue weighted by Crippen LogP contribution is -2.41. The number of fused-ring (bicyclic) bond motifs is 2. The highest BCUT2D eigenvalue weighted by Crippen LogP contribution is 2.38. The van der Waals surface area contributed by atoms with Crippen molar-refractivity contribution in [3.8, 4) is 27.9 Å². The Morgan fingerprint density at radius 3 is 2.07 bits per heavy atom. The monoisotopic (exact) mass is 550 g/mol. The Morgan fingerprint density at radius 1 is 0.667 bits per heavy atom. The van der Waals surface area contributed by atoms with E-state index in [1.54, 1.807) is 0 Å². The third-order valence-electron chi connectivity index (χ3n) is 8.98. The van der Waals surface area contributed by atoms with E-state index in [1.807, 2.05) is 6.07 Å². The molecule has 0 unspecified atom stereocenters. The van der Waals surface area contributed by atoms with Crippen molar-refractivity contribution in [2.45, 2.75) is 52.2 Å². The van der Waals surface area contributed by atoms with Crippen LogP contribution < -0.4 is 5.46 Å². The molecule has 7 rings (SSSR count). The molecule has 0 radical (unpaired) electrons. The van der Waals surface area contributed by atoms with Gasteiger partial charge in [0.2, 0.25) is 0 Å². The first-order chi connectivity index (χ1) is 20.2. The van der Waals surface area contributed by atoms with Gasteiger partial charge >= 0.3 is 7.12 Å². The lowest BCUT2D eigenvalue weighted by Gasteiger charge is -2.32. The quantitative estimate of drug-likeness (QED) is 0.202. The lowest BCUT2D eigenvalue weighted by molar-refractivity contribution is 0.00578. The molecule has 2 heterocycles. The Labute approximate surface area is 248 Å². The SMILES string of the molecule is CCc1nc2ccccc2n1-c1cccc(-c2cccc(-c3cc(B4OC(C)(C)C(C)(C)O4)c4ccccc4c3)c2)c1. The first-order valence-electron chi connectivity index (χ1n) is 14.8. The fourth-order valence-electron chi connectivity index (χ4n) is 5.98. The second-order valence-corrected chi connectivity index (χ2v) is 12.2. The lowest BCUT2D eigenvalue weighted by atomic mass is 9.74. The summed E-state index contributed by atoms with van der Waals surface area (Å²) in [5.74, 6) is 1.06. The molecule has 1 aliphatic heterocycles. The molecule has 4 nitrogen and oxygen atoms in total. The number of rotatable bonds is 5. The standard InChI is InChI=1S/C37H35BN2O2/c1-6-35-39-33-19-9-10-20-34(33)40(35)30-17-12-16-27(23-30)25-14-11-15-26(21-25)29-22-28-13-7-8-18-31(28)32(24-29)38-41-36(2,3)37(4,5)42-38/h7-24H,6H2,1-5H3. The van der Waals surface area contributed by atoms with Crippen molar-refractivity contribution >= 4 is 34.4 Å². The number of aromatic nitrogens is 2. The van der Waals surface area contributed by atoms with Gasteiger partial charge in [-0.2, -0.15) is 0 Å². The minimum Gasteiger partial charge on any atom is -0.399 e. The van der Waals surface area contributed by atoms with Crippen molar-refractivity contribution in [1.29, 1.82) is 0 Å². The van der Waals surface area contributed by atoms with Crippen LogP contribution in [0.15, 0.2) is 109 Å². The summed E-state index contributed by atoms with van der Waals surface area (Å²) in [5, 5.41) is 2.33. The van der Waals surface area contributed by atoms with Crippen LogP contribution in [0.25, 0.3) is 49.7 Å². The molecule has 0 aliphatic carbocycles. The summed E-state index contributed by atoms with van der Waals surface area (Å²) in [7, 11) is -0.433. The third-order valence-corrected chi connectivity index (χ3v) is 8.98. The molecule has 0 N–H and O–H groups in total. The van der Waals surface area contributed by atoms with Crippen molar-refractivity contribution < 1.29 is 9.31 Å². The summed E-state index contributed by atoms with van der Waals surface area (Å²) < 4.78 is 15.3. The molecule has 0 bridgehead atoms. The summed E-state index contributed by atoms with van der Waals surface area (Å²) >= 11 is 0. The normalized spacial score (nSPS) is 16.0. The maximum absolute atomic E-state index is 6.51. The molecule has 0 amide bonds. The van der Waals surface area contributed by atoms with E-state index in [9.17, 15) is 0 Å². The Kier molecular flexibility index (Phi) is 6.34. The molecule has 208 valence electrons. The van der Waals surface area contributed by atoms with Crippen molar-refractivity contribution in [2.75, 3.05) is 0 Å². The van der Waals surface area contributed by atoms with E-state index >= 15 is 0 Å². The van der Waals surface area contributed by atoms with Crippen LogP contribution in [0, 0.1) is 0 Å². The summed E-state index contributed by atoms with van der Waals surface area (Å²) in [4.78, 5) is 4.89. The molecule has 0 saturated carbocycles. The Morgan fingerprint density at radius 2 is 1.31 bits per heavy atom. The molecule has 6 aromatic rings. The second kappa shape index (κ2) is 9.97. The van der Waals surface area contributed by atoms with E-state index in [4.69, 9.17) is 14.3 Å². The van der Waals surface area contributed by atoms with Crippen molar-refractivity contribution in [2.24, 2.45) is 0 Å². The molecule has 0 atom stereocenters. The number of para-hydroxylation sites is 2. The molecule has 42 heavy (non-hydrogen) atoms. The van der Waals surface area contributed by atoms with Gasteiger partial charge in [-0.3, -0.25) is 4.57 Å². The average Bonchev–Trinajstić information content (AvgIpc) is 3.49. The Balaban J connectivity index is 1.31. The molecule has 5 heteroatoms. The van der Waals surface area contributed by atoms with Gasteiger partial charge in [-0.25, -0.2) is 4.98 Å². The first-order valence-corrected chi connectivity index (χ1v) is 14.8. The maximum Gasteiger partial charge on any atom is 0.495 e. The summed E-state index contributed by atoms with van der Waals surface area (Å²) in [5.41, 5.74) is 8.17. The number of imidazole rings is 1. The van der Waals surface area contributed by atoms with Crippen molar-refractivity contribution in [1.82, 2.24) is 9.55 Å².